The molecule has 2 aliphatic heterocycles. The van der Waals surface area contributed by atoms with Gasteiger partial charge in [-0.25, -0.2) is 4.79 Å². The van der Waals surface area contributed by atoms with Gasteiger partial charge >= 0.3 is 12.2 Å². The molecule has 164 valence electrons. The van der Waals surface area contributed by atoms with Crippen LogP contribution in [0.15, 0.2) is 53.7 Å². The Hall–Kier alpha value is -3.03. The van der Waals surface area contributed by atoms with E-state index in [2.05, 4.69) is 10.5 Å². The summed E-state index contributed by atoms with van der Waals surface area (Å²) in [4.78, 5) is 20.0. The van der Waals surface area contributed by atoms with E-state index in [9.17, 15) is 18.0 Å². The highest BCUT2D eigenvalue weighted by Gasteiger charge is 2.43. The van der Waals surface area contributed by atoms with E-state index in [0.717, 1.165) is 17.7 Å². The molecule has 0 bridgehead atoms. The van der Waals surface area contributed by atoms with Gasteiger partial charge in [-0.05, 0) is 30.2 Å². The molecule has 2 amide bonds. The van der Waals surface area contributed by atoms with Crippen LogP contribution in [-0.4, -0.2) is 35.3 Å². The number of amides is 2. The average molecular weight is 431 g/mol. The van der Waals surface area contributed by atoms with Crippen LogP contribution < -0.4 is 5.32 Å². The molecule has 0 aromatic heterocycles. The van der Waals surface area contributed by atoms with Gasteiger partial charge < -0.3 is 15.1 Å². The number of hydrogen-bond donors (Lipinski definition) is 1. The second kappa shape index (κ2) is 8.24. The van der Waals surface area contributed by atoms with Crippen LogP contribution in [0.2, 0.25) is 0 Å². The number of aryl methyl sites for hydroxylation is 1. The summed E-state index contributed by atoms with van der Waals surface area (Å²) in [5.41, 5.74) is 2.31. The molecule has 1 spiro atoms. The molecule has 2 aromatic carbocycles. The van der Waals surface area contributed by atoms with Crippen LogP contribution in [0, 0.1) is 6.92 Å². The molecule has 2 heterocycles. The molecule has 5 nitrogen and oxygen atoms in total. The zero-order valence-corrected chi connectivity index (χ0v) is 17.2. The number of carbonyl (C=O) groups is 1. The molecule has 2 aliphatic rings. The molecule has 2 aromatic rings. The Morgan fingerprint density at radius 2 is 1.74 bits per heavy atom. The van der Waals surface area contributed by atoms with Crippen LogP contribution in [-0.2, 0) is 17.6 Å². The number of halogens is 3. The fraction of sp³-hybridized carbons (Fsp3) is 0.391. The Balaban J connectivity index is 1.28. The zero-order valence-electron chi connectivity index (χ0n) is 17.2. The molecule has 1 N–H and O–H groups in total. The number of likely N-dealkylation sites (tertiary alicyclic amines) is 1. The minimum atomic E-state index is -4.36. The second-order valence-electron chi connectivity index (χ2n) is 8.20. The lowest BCUT2D eigenvalue weighted by Crippen LogP contribution is -2.49. The van der Waals surface area contributed by atoms with Crippen molar-refractivity contribution in [2.24, 2.45) is 5.16 Å². The van der Waals surface area contributed by atoms with E-state index in [4.69, 9.17) is 4.84 Å². The largest absolute Gasteiger partial charge is 0.416 e. The molecule has 0 unspecified atom stereocenters. The highest BCUT2D eigenvalue weighted by molar-refractivity contribution is 6.01. The lowest BCUT2D eigenvalue weighted by atomic mass is 9.85. The monoisotopic (exact) mass is 431 g/mol. The van der Waals surface area contributed by atoms with Gasteiger partial charge in [0, 0.05) is 38.9 Å². The van der Waals surface area contributed by atoms with Gasteiger partial charge in [0.15, 0.2) is 0 Å². The Morgan fingerprint density at radius 3 is 2.35 bits per heavy atom. The number of rotatable bonds is 3. The molecule has 4 rings (SSSR count). The van der Waals surface area contributed by atoms with Crippen molar-refractivity contribution < 1.29 is 22.8 Å². The number of nitrogens with zero attached hydrogens (tertiary/aromatic N) is 2. The molecule has 0 aliphatic carbocycles. The molecule has 0 saturated carbocycles. The van der Waals surface area contributed by atoms with Crippen molar-refractivity contribution in [1.29, 1.82) is 0 Å². The Labute approximate surface area is 178 Å². The first-order valence-corrected chi connectivity index (χ1v) is 10.3. The van der Waals surface area contributed by atoms with Gasteiger partial charge in [-0.2, -0.15) is 13.2 Å². The summed E-state index contributed by atoms with van der Waals surface area (Å²) in [5, 5.41) is 7.09. The molecular formula is C23H24F3N3O2. The summed E-state index contributed by atoms with van der Waals surface area (Å²) in [6.45, 7) is 3.56. The smallest absolute Gasteiger partial charge is 0.388 e. The third-order valence-electron chi connectivity index (χ3n) is 5.91. The van der Waals surface area contributed by atoms with Gasteiger partial charge in [-0.3, -0.25) is 0 Å². The van der Waals surface area contributed by atoms with E-state index in [1.807, 2.05) is 31.2 Å². The molecule has 0 atom stereocenters. The van der Waals surface area contributed by atoms with Gasteiger partial charge in [-0.1, -0.05) is 47.1 Å². The molecule has 1 saturated heterocycles. The molecule has 0 radical (unpaired) electrons. The second-order valence-corrected chi connectivity index (χ2v) is 8.20. The topological polar surface area (TPSA) is 53.9 Å². The number of urea groups is 1. The Bertz CT molecular complexity index is 961. The maximum atomic E-state index is 12.8. The predicted octanol–water partition coefficient (Wildman–Crippen LogP) is 4.88. The quantitative estimate of drug-likeness (QED) is 0.753. The first-order chi connectivity index (χ1) is 14.7. The van der Waals surface area contributed by atoms with Gasteiger partial charge in [-0.15, -0.1) is 0 Å². The molecule has 31 heavy (non-hydrogen) atoms. The number of oxime groups is 1. The SMILES string of the molecule is Cc1ccc(CNC(=O)N2CCC3(CC2)CC(c2ccc(C(F)(F)F)cc2)=NO3)cc1. The lowest BCUT2D eigenvalue weighted by Gasteiger charge is -2.37. The summed E-state index contributed by atoms with van der Waals surface area (Å²) < 4.78 is 38.3. The van der Waals surface area contributed by atoms with E-state index in [1.165, 1.54) is 17.7 Å². The Kier molecular flexibility index (Phi) is 5.64. The van der Waals surface area contributed by atoms with Crippen LogP contribution in [0.25, 0.3) is 0 Å². The summed E-state index contributed by atoms with van der Waals surface area (Å²) >= 11 is 0. The van der Waals surface area contributed by atoms with Crippen LogP contribution in [0.3, 0.4) is 0 Å². The highest BCUT2D eigenvalue weighted by atomic mass is 19.4. The van der Waals surface area contributed by atoms with E-state index in [1.54, 1.807) is 4.90 Å². The molecular weight excluding hydrogens is 407 g/mol. The lowest BCUT2D eigenvalue weighted by molar-refractivity contribution is -0.137. The normalized spacial score (nSPS) is 17.9. The van der Waals surface area contributed by atoms with Gasteiger partial charge in [0.1, 0.15) is 5.60 Å². The van der Waals surface area contributed by atoms with E-state index in [-0.39, 0.29) is 6.03 Å². The Morgan fingerprint density at radius 1 is 1.10 bits per heavy atom. The third kappa shape index (κ3) is 4.84. The first kappa shape index (κ1) is 21.2. The fourth-order valence-electron chi connectivity index (χ4n) is 3.91. The van der Waals surface area contributed by atoms with Crippen molar-refractivity contribution in [2.75, 3.05) is 13.1 Å². The van der Waals surface area contributed by atoms with Crippen molar-refractivity contribution in [3.8, 4) is 0 Å². The minimum absolute atomic E-state index is 0.114. The van der Waals surface area contributed by atoms with Gasteiger partial charge in [0.25, 0.3) is 0 Å². The van der Waals surface area contributed by atoms with E-state index in [0.29, 0.717) is 50.2 Å². The van der Waals surface area contributed by atoms with Crippen molar-refractivity contribution in [2.45, 2.75) is 44.5 Å². The van der Waals surface area contributed by atoms with Gasteiger partial charge in [0.05, 0.1) is 11.3 Å². The number of piperidine rings is 1. The first-order valence-electron chi connectivity index (χ1n) is 10.3. The van der Waals surface area contributed by atoms with Crippen molar-refractivity contribution in [3.63, 3.8) is 0 Å². The standard InChI is InChI=1S/C23H24F3N3O2/c1-16-2-4-17(5-3-16)15-27-21(30)29-12-10-22(11-13-29)14-20(28-31-22)18-6-8-19(9-7-18)23(24,25)26/h2-9H,10-15H2,1H3,(H,27,30). The van der Waals surface area contributed by atoms with Crippen LogP contribution in [0.5, 0.6) is 0 Å². The van der Waals surface area contributed by atoms with E-state index < -0.39 is 17.3 Å². The minimum Gasteiger partial charge on any atom is -0.388 e. The van der Waals surface area contributed by atoms with Crippen LogP contribution >= 0.6 is 0 Å². The molecule has 1 fully saturated rings. The predicted molar refractivity (Wildman–Crippen MR) is 111 cm³/mol. The summed E-state index contributed by atoms with van der Waals surface area (Å²) in [6, 6.07) is 12.9. The zero-order chi connectivity index (χ0) is 22.1. The maximum absolute atomic E-state index is 12.8. The molecule has 8 heteroatoms. The van der Waals surface area contributed by atoms with Crippen LogP contribution in [0.1, 0.15) is 41.5 Å². The third-order valence-corrected chi connectivity index (χ3v) is 5.91. The maximum Gasteiger partial charge on any atom is 0.416 e. The summed E-state index contributed by atoms with van der Waals surface area (Å²) in [6.07, 6.45) is -2.59. The summed E-state index contributed by atoms with van der Waals surface area (Å²) in [5.74, 6) is 0. The van der Waals surface area contributed by atoms with Crippen molar-refractivity contribution in [1.82, 2.24) is 10.2 Å². The van der Waals surface area contributed by atoms with E-state index >= 15 is 0 Å². The number of hydrogen-bond acceptors (Lipinski definition) is 3. The van der Waals surface area contributed by atoms with Gasteiger partial charge in [0.2, 0.25) is 0 Å². The van der Waals surface area contributed by atoms with Crippen molar-refractivity contribution in [3.05, 3.63) is 70.8 Å². The van der Waals surface area contributed by atoms with Crippen LogP contribution in [0.4, 0.5) is 18.0 Å². The average Bonchev–Trinajstić information content (AvgIpc) is 3.16. The fourth-order valence-corrected chi connectivity index (χ4v) is 3.91. The number of alkyl halides is 3. The number of nitrogens with one attached hydrogen (secondary N) is 1. The number of carbonyl (C=O) groups excluding carboxylic acids is 1. The summed E-state index contributed by atoms with van der Waals surface area (Å²) in [7, 11) is 0. The van der Waals surface area contributed by atoms with Crippen molar-refractivity contribution >= 4 is 11.7 Å². The number of benzene rings is 2. The highest BCUT2D eigenvalue weighted by Crippen LogP contribution is 2.37.